The van der Waals surface area contributed by atoms with Crippen molar-refractivity contribution >= 4 is 0 Å². The molecule has 0 saturated heterocycles. The maximum Gasteiger partial charge on any atom is 0.419 e. The Hall–Kier alpha value is -2.04. The lowest BCUT2D eigenvalue weighted by Gasteiger charge is -2.19. The molecular formula is C18H20F3NO. The van der Waals surface area contributed by atoms with Gasteiger partial charge in [0.05, 0.1) is 12.7 Å². The van der Waals surface area contributed by atoms with Crippen LogP contribution in [0, 0.1) is 0 Å². The summed E-state index contributed by atoms with van der Waals surface area (Å²) in [4.78, 5) is 4.27. The Kier molecular flexibility index (Phi) is 4.68. The molecule has 0 bridgehead atoms. The highest BCUT2D eigenvalue weighted by Gasteiger charge is 2.34. The highest BCUT2D eigenvalue weighted by atomic mass is 19.4. The monoisotopic (exact) mass is 323 g/mol. The first-order valence-electron chi connectivity index (χ1n) is 7.31. The van der Waals surface area contributed by atoms with E-state index in [2.05, 4.69) is 25.8 Å². The van der Waals surface area contributed by atoms with Crippen LogP contribution in [-0.2, 0) is 18.0 Å². The number of hydrogen-bond donors (Lipinski definition) is 0. The molecule has 2 aromatic rings. The molecule has 23 heavy (non-hydrogen) atoms. The fourth-order valence-corrected chi connectivity index (χ4v) is 2.34. The molecule has 124 valence electrons. The summed E-state index contributed by atoms with van der Waals surface area (Å²) in [6.45, 7) is 6.25. The van der Waals surface area contributed by atoms with Crippen molar-refractivity contribution in [3.05, 3.63) is 58.9 Å². The molecule has 1 aromatic heterocycles. The Balaban J connectivity index is 2.34. The summed E-state index contributed by atoms with van der Waals surface area (Å²) >= 11 is 0. The average molecular weight is 323 g/mol. The van der Waals surface area contributed by atoms with Gasteiger partial charge in [0.15, 0.2) is 0 Å². The first kappa shape index (κ1) is 17.3. The lowest BCUT2D eigenvalue weighted by atomic mass is 9.87. The minimum Gasteiger partial charge on any atom is -0.496 e. The number of benzene rings is 1. The van der Waals surface area contributed by atoms with Crippen LogP contribution in [-0.4, -0.2) is 12.1 Å². The second-order valence-corrected chi connectivity index (χ2v) is 6.50. The van der Waals surface area contributed by atoms with Crippen molar-refractivity contribution in [2.45, 2.75) is 38.8 Å². The fourth-order valence-electron chi connectivity index (χ4n) is 2.34. The molecule has 0 aliphatic rings. The number of ether oxygens (including phenoxy) is 1. The molecule has 1 aromatic carbocycles. The Morgan fingerprint density at radius 3 is 2.30 bits per heavy atom. The molecule has 0 amide bonds. The van der Waals surface area contributed by atoms with Gasteiger partial charge in [0.2, 0.25) is 0 Å². The zero-order chi connectivity index (χ0) is 17.3. The number of hydrogen-bond acceptors (Lipinski definition) is 2. The summed E-state index contributed by atoms with van der Waals surface area (Å²) in [5, 5.41) is 0. The molecular weight excluding hydrogens is 303 g/mol. The highest BCUT2D eigenvalue weighted by Crippen LogP contribution is 2.37. The van der Waals surface area contributed by atoms with Crippen LogP contribution in [0.5, 0.6) is 5.75 Å². The van der Waals surface area contributed by atoms with Crippen LogP contribution in [0.1, 0.15) is 43.2 Å². The summed E-state index contributed by atoms with van der Waals surface area (Å²) in [5.41, 5.74) is 1.61. The molecule has 0 saturated carbocycles. The quantitative estimate of drug-likeness (QED) is 0.793. The fraction of sp³-hybridized carbons (Fsp3) is 0.389. The molecule has 0 N–H and O–H groups in total. The van der Waals surface area contributed by atoms with Crippen molar-refractivity contribution in [3.8, 4) is 5.75 Å². The van der Waals surface area contributed by atoms with Crippen LogP contribution in [0.4, 0.5) is 13.2 Å². The zero-order valence-electron chi connectivity index (χ0n) is 13.7. The molecule has 2 nitrogen and oxygen atoms in total. The average Bonchev–Trinajstić information content (AvgIpc) is 2.46. The van der Waals surface area contributed by atoms with Crippen LogP contribution in [0.2, 0.25) is 0 Å². The minimum atomic E-state index is -4.44. The normalized spacial score (nSPS) is 12.3. The molecule has 0 spiro atoms. The number of alkyl halides is 3. The number of aromatic nitrogens is 1. The van der Waals surface area contributed by atoms with Gasteiger partial charge in [0.25, 0.3) is 0 Å². The number of rotatable bonds is 3. The van der Waals surface area contributed by atoms with Crippen LogP contribution < -0.4 is 4.74 Å². The molecule has 0 atom stereocenters. The van der Waals surface area contributed by atoms with E-state index in [1.807, 2.05) is 12.1 Å². The first-order chi connectivity index (χ1) is 10.6. The lowest BCUT2D eigenvalue weighted by molar-refractivity contribution is -0.138. The Labute approximate surface area is 134 Å². The van der Waals surface area contributed by atoms with Gasteiger partial charge in [-0.15, -0.1) is 0 Å². The molecule has 0 aliphatic heterocycles. The molecule has 0 aliphatic carbocycles. The Morgan fingerprint density at radius 1 is 1.04 bits per heavy atom. The van der Waals surface area contributed by atoms with Crippen molar-refractivity contribution in [1.29, 1.82) is 0 Å². The van der Waals surface area contributed by atoms with Crippen molar-refractivity contribution in [2.24, 2.45) is 0 Å². The van der Waals surface area contributed by atoms with E-state index in [4.69, 9.17) is 4.74 Å². The van der Waals surface area contributed by atoms with Gasteiger partial charge in [-0.1, -0.05) is 26.8 Å². The van der Waals surface area contributed by atoms with E-state index in [0.717, 1.165) is 17.3 Å². The highest BCUT2D eigenvalue weighted by molar-refractivity contribution is 5.40. The summed E-state index contributed by atoms with van der Waals surface area (Å²) < 4.78 is 44.0. The van der Waals surface area contributed by atoms with E-state index in [0.29, 0.717) is 12.0 Å². The summed E-state index contributed by atoms with van der Waals surface area (Å²) in [7, 11) is 1.23. The molecule has 2 rings (SSSR count). The predicted molar refractivity (Wildman–Crippen MR) is 83.7 cm³/mol. The van der Waals surface area contributed by atoms with Crippen molar-refractivity contribution < 1.29 is 17.9 Å². The van der Waals surface area contributed by atoms with Gasteiger partial charge < -0.3 is 4.74 Å². The molecule has 0 radical (unpaired) electrons. The van der Waals surface area contributed by atoms with Crippen molar-refractivity contribution in [1.82, 2.24) is 4.98 Å². The molecule has 0 unspecified atom stereocenters. The third-order valence-electron chi connectivity index (χ3n) is 3.64. The van der Waals surface area contributed by atoms with E-state index in [1.165, 1.54) is 13.2 Å². The maximum atomic E-state index is 13.1. The van der Waals surface area contributed by atoms with E-state index in [1.54, 1.807) is 12.3 Å². The number of pyridine rings is 1. The van der Waals surface area contributed by atoms with E-state index >= 15 is 0 Å². The van der Waals surface area contributed by atoms with Crippen molar-refractivity contribution in [3.63, 3.8) is 0 Å². The molecule has 1 heterocycles. The second kappa shape index (κ2) is 6.22. The lowest BCUT2D eigenvalue weighted by Crippen LogP contribution is -2.12. The summed E-state index contributed by atoms with van der Waals surface area (Å²) in [5.74, 6) is -0.169. The number of halogens is 3. The maximum absolute atomic E-state index is 13.1. The van der Waals surface area contributed by atoms with Gasteiger partial charge in [0, 0.05) is 18.3 Å². The summed E-state index contributed by atoms with van der Waals surface area (Å²) in [6, 6.07) is 7.99. The molecule has 5 heteroatoms. The van der Waals surface area contributed by atoms with E-state index < -0.39 is 11.7 Å². The number of methoxy groups -OCH3 is 1. The predicted octanol–water partition coefficient (Wildman–Crippen LogP) is 5.00. The third kappa shape index (κ3) is 4.24. The smallest absolute Gasteiger partial charge is 0.419 e. The van der Waals surface area contributed by atoms with Crippen LogP contribution in [0.3, 0.4) is 0 Å². The third-order valence-corrected chi connectivity index (χ3v) is 3.64. The Morgan fingerprint density at radius 2 is 1.74 bits per heavy atom. The van der Waals surface area contributed by atoms with Crippen LogP contribution >= 0.6 is 0 Å². The largest absolute Gasteiger partial charge is 0.496 e. The van der Waals surface area contributed by atoms with Gasteiger partial charge in [-0.25, -0.2) is 0 Å². The van der Waals surface area contributed by atoms with Crippen LogP contribution in [0.15, 0.2) is 36.5 Å². The second-order valence-electron chi connectivity index (χ2n) is 6.50. The Bertz CT molecular complexity index is 687. The zero-order valence-corrected chi connectivity index (χ0v) is 13.7. The summed E-state index contributed by atoms with van der Waals surface area (Å²) in [6.07, 6.45) is -2.40. The van der Waals surface area contributed by atoms with Crippen molar-refractivity contribution in [2.75, 3.05) is 7.11 Å². The first-order valence-corrected chi connectivity index (χ1v) is 7.31. The van der Waals surface area contributed by atoms with Gasteiger partial charge in [-0.2, -0.15) is 13.2 Å². The molecule has 0 fully saturated rings. The van der Waals surface area contributed by atoms with E-state index in [9.17, 15) is 13.2 Å². The van der Waals surface area contributed by atoms with Gasteiger partial charge >= 0.3 is 6.18 Å². The van der Waals surface area contributed by atoms with Gasteiger partial charge in [0.1, 0.15) is 5.75 Å². The SMILES string of the molecule is COc1ccc(Cc2cc(C(C)(C)C)ccn2)cc1C(F)(F)F. The van der Waals surface area contributed by atoms with E-state index in [-0.39, 0.29) is 11.2 Å². The van der Waals surface area contributed by atoms with Gasteiger partial charge in [-0.05, 0) is 40.8 Å². The number of nitrogens with zero attached hydrogens (tertiary/aromatic N) is 1. The topological polar surface area (TPSA) is 22.1 Å². The van der Waals surface area contributed by atoms with Crippen LogP contribution in [0.25, 0.3) is 0 Å². The minimum absolute atomic E-state index is 0.0330. The standard InChI is InChI=1S/C18H20F3NO/c1-17(2,3)13-7-8-22-14(11-13)9-12-5-6-16(23-4)15(10-12)18(19,20)21/h5-8,10-11H,9H2,1-4H3. The van der Waals surface area contributed by atoms with Gasteiger partial charge in [-0.3, -0.25) is 4.98 Å².